The van der Waals surface area contributed by atoms with Gasteiger partial charge in [0.1, 0.15) is 0 Å². The second kappa shape index (κ2) is 9.65. The van der Waals surface area contributed by atoms with Crippen molar-refractivity contribution in [1.29, 1.82) is 0 Å². The van der Waals surface area contributed by atoms with Crippen LogP contribution in [-0.4, -0.2) is 37.6 Å². The largest absolute Gasteiger partial charge is 0.454 e. The Labute approximate surface area is 201 Å². The first kappa shape index (κ1) is 23.4. The van der Waals surface area contributed by atoms with Crippen LogP contribution in [0, 0.1) is 0 Å². The summed E-state index contributed by atoms with van der Waals surface area (Å²) in [5.74, 6) is -1.34. The summed E-state index contributed by atoms with van der Waals surface area (Å²) < 4.78 is 32.9. The average molecular weight is 504 g/mol. The molecule has 0 saturated carbocycles. The van der Waals surface area contributed by atoms with Gasteiger partial charge in [0.05, 0.1) is 15.5 Å². The molecule has 3 aromatic carbocycles. The number of esters is 1. The molecule has 1 aliphatic rings. The lowest BCUT2D eigenvalue weighted by Crippen LogP contribution is -2.36. The Bertz CT molecular complexity index is 1340. The van der Waals surface area contributed by atoms with Crippen molar-refractivity contribution in [3.63, 3.8) is 0 Å². The van der Waals surface area contributed by atoms with Crippen LogP contribution in [-0.2, 0) is 27.7 Å². The molecule has 3 aromatic rings. The molecule has 4 rings (SSSR count). The fourth-order valence-electron chi connectivity index (χ4n) is 3.61. The number of carbonyl (C=O) groups is 2. The van der Waals surface area contributed by atoms with E-state index in [0.29, 0.717) is 18.0 Å². The summed E-state index contributed by atoms with van der Waals surface area (Å²) in [6.07, 6.45) is 0.616. The first-order chi connectivity index (χ1) is 15.8. The number of Topliss-reactive ketones (excluding diaryl/α,β-unsaturated/α-hetero) is 1. The van der Waals surface area contributed by atoms with Gasteiger partial charge in [-0.15, -0.1) is 0 Å². The number of benzene rings is 3. The van der Waals surface area contributed by atoms with Crippen molar-refractivity contribution in [2.75, 3.05) is 13.2 Å². The molecule has 0 unspecified atom stereocenters. The summed E-state index contributed by atoms with van der Waals surface area (Å²) in [5.41, 5.74) is 2.25. The van der Waals surface area contributed by atoms with Crippen molar-refractivity contribution >= 4 is 45.0 Å². The van der Waals surface area contributed by atoms with E-state index < -0.39 is 28.4 Å². The molecule has 0 aromatic heterocycles. The molecule has 0 aliphatic carbocycles. The van der Waals surface area contributed by atoms with Gasteiger partial charge in [-0.1, -0.05) is 53.5 Å². The van der Waals surface area contributed by atoms with Gasteiger partial charge in [-0.2, -0.15) is 4.31 Å². The van der Waals surface area contributed by atoms with Crippen LogP contribution in [0.25, 0.3) is 0 Å². The second-order valence-corrected chi connectivity index (χ2v) is 10.3. The first-order valence-corrected chi connectivity index (χ1v) is 12.3. The average Bonchev–Trinajstić information content (AvgIpc) is 2.83. The Kier molecular flexibility index (Phi) is 6.86. The van der Waals surface area contributed by atoms with Crippen molar-refractivity contribution in [3.05, 3.63) is 99.0 Å². The normalized spacial score (nSPS) is 13.9. The SMILES string of the molecule is O=C(OCC(=O)c1cc(Cl)ccc1Cl)c1cccc(S(=O)(=O)N2CCc3ccccc3C2)c1. The van der Waals surface area contributed by atoms with Crippen molar-refractivity contribution < 1.29 is 22.7 Å². The van der Waals surface area contributed by atoms with Crippen molar-refractivity contribution in [2.45, 2.75) is 17.9 Å². The summed E-state index contributed by atoms with van der Waals surface area (Å²) in [5, 5.41) is 0.518. The Balaban J connectivity index is 1.47. The fraction of sp³-hybridized carbons (Fsp3) is 0.167. The minimum Gasteiger partial charge on any atom is -0.454 e. The Hall–Kier alpha value is -2.71. The van der Waals surface area contributed by atoms with Crippen molar-refractivity contribution in [3.8, 4) is 0 Å². The van der Waals surface area contributed by atoms with Gasteiger partial charge in [0.15, 0.2) is 6.61 Å². The summed E-state index contributed by atoms with van der Waals surface area (Å²) in [4.78, 5) is 24.9. The molecule has 6 nitrogen and oxygen atoms in total. The van der Waals surface area contributed by atoms with Gasteiger partial charge >= 0.3 is 5.97 Å². The highest BCUT2D eigenvalue weighted by Gasteiger charge is 2.29. The molecule has 0 saturated heterocycles. The minimum absolute atomic E-state index is 0.0134. The van der Waals surface area contributed by atoms with E-state index in [2.05, 4.69) is 0 Å². The zero-order chi connectivity index (χ0) is 23.6. The highest BCUT2D eigenvalue weighted by atomic mass is 35.5. The third-order valence-electron chi connectivity index (χ3n) is 5.37. The molecule has 0 amide bonds. The lowest BCUT2D eigenvalue weighted by atomic mass is 10.0. The van der Waals surface area contributed by atoms with Crippen LogP contribution in [0.5, 0.6) is 0 Å². The van der Waals surface area contributed by atoms with E-state index in [4.69, 9.17) is 27.9 Å². The number of hydrogen-bond donors (Lipinski definition) is 0. The summed E-state index contributed by atoms with van der Waals surface area (Å²) >= 11 is 11.9. The number of hydrogen-bond acceptors (Lipinski definition) is 5. The van der Waals surface area contributed by atoms with Gasteiger partial charge < -0.3 is 4.74 Å². The zero-order valence-electron chi connectivity index (χ0n) is 17.3. The monoisotopic (exact) mass is 503 g/mol. The lowest BCUT2D eigenvalue weighted by molar-refractivity contribution is 0.0474. The molecule has 0 N–H and O–H groups in total. The molecule has 0 radical (unpaired) electrons. The zero-order valence-corrected chi connectivity index (χ0v) is 19.7. The fourth-order valence-corrected chi connectivity index (χ4v) is 5.47. The quantitative estimate of drug-likeness (QED) is 0.357. The first-order valence-electron chi connectivity index (χ1n) is 10.1. The standard InChI is InChI=1S/C24H19Cl2NO5S/c25-19-8-9-22(26)21(13-19)23(28)15-32-24(29)17-6-3-7-20(12-17)33(30,31)27-11-10-16-4-1-2-5-18(16)14-27/h1-9,12-13H,10-11,14-15H2. The molecule has 9 heteroatoms. The predicted molar refractivity (Wildman–Crippen MR) is 125 cm³/mol. The lowest BCUT2D eigenvalue weighted by Gasteiger charge is -2.28. The maximum absolute atomic E-state index is 13.2. The van der Waals surface area contributed by atoms with Crippen LogP contribution in [0.15, 0.2) is 71.6 Å². The second-order valence-electron chi connectivity index (χ2n) is 7.51. The van der Waals surface area contributed by atoms with E-state index in [1.54, 1.807) is 6.07 Å². The number of nitrogens with zero attached hydrogens (tertiary/aromatic N) is 1. The van der Waals surface area contributed by atoms with E-state index in [1.165, 1.54) is 40.7 Å². The van der Waals surface area contributed by atoms with Crippen LogP contribution >= 0.6 is 23.2 Å². The van der Waals surface area contributed by atoms with Gasteiger partial charge in [0, 0.05) is 23.7 Å². The number of ether oxygens (including phenoxy) is 1. The molecule has 170 valence electrons. The number of carbonyl (C=O) groups excluding carboxylic acids is 2. The van der Waals surface area contributed by atoms with Crippen molar-refractivity contribution in [1.82, 2.24) is 4.31 Å². The van der Waals surface area contributed by atoms with E-state index in [1.807, 2.05) is 24.3 Å². The maximum Gasteiger partial charge on any atom is 0.338 e. The molecule has 0 bridgehead atoms. The summed E-state index contributed by atoms with van der Waals surface area (Å²) in [7, 11) is -3.82. The Morgan fingerprint density at radius 3 is 2.48 bits per heavy atom. The summed E-state index contributed by atoms with van der Waals surface area (Å²) in [6, 6.07) is 17.7. The van der Waals surface area contributed by atoms with Gasteiger partial charge in [0.25, 0.3) is 0 Å². The molecule has 1 aliphatic heterocycles. The Morgan fingerprint density at radius 2 is 1.70 bits per heavy atom. The van der Waals surface area contributed by atoms with Crippen LogP contribution in [0.2, 0.25) is 10.0 Å². The number of ketones is 1. The highest BCUT2D eigenvalue weighted by molar-refractivity contribution is 7.89. The maximum atomic E-state index is 13.2. The van der Waals surface area contributed by atoms with Gasteiger partial charge in [-0.25, -0.2) is 13.2 Å². The predicted octanol–water partition coefficient (Wildman–Crippen LogP) is 4.78. The number of sulfonamides is 1. The smallest absolute Gasteiger partial charge is 0.338 e. The van der Waals surface area contributed by atoms with Crippen LogP contribution in [0.4, 0.5) is 0 Å². The van der Waals surface area contributed by atoms with E-state index in [-0.39, 0.29) is 27.6 Å². The van der Waals surface area contributed by atoms with Crippen LogP contribution in [0.3, 0.4) is 0 Å². The van der Waals surface area contributed by atoms with Crippen LogP contribution < -0.4 is 0 Å². The van der Waals surface area contributed by atoms with Crippen LogP contribution in [0.1, 0.15) is 31.8 Å². The molecule has 1 heterocycles. The molecule has 0 atom stereocenters. The molecule has 0 fully saturated rings. The molecule has 0 spiro atoms. The summed E-state index contributed by atoms with van der Waals surface area (Å²) in [6.45, 7) is 0.0593. The third kappa shape index (κ3) is 5.12. The minimum atomic E-state index is -3.82. The van der Waals surface area contributed by atoms with E-state index in [0.717, 1.165) is 11.1 Å². The van der Waals surface area contributed by atoms with E-state index in [9.17, 15) is 18.0 Å². The molecular formula is C24H19Cl2NO5S. The number of fused-ring (bicyclic) bond motifs is 1. The van der Waals surface area contributed by atoms with Gasteiger partial charge in [-0.3, -0.25) is 4.79 Å². The highest BCUT2D eigenvalue weighted by Crippen LogP contribution is 2.26. The molecular weight excluding hydrogens is 485 g/mol. The number of halogens is 2. The number of rotatable bonds is 6. The third-order valence-corrected chi connectivity index (χ3v) is 7.77. The Morgan fingerprint density at radius 1 is 0.939 bits per heavy atom. The van der Waals surface area contributed by atoms with Gasteiger partial charge in [-0.05, 0) is 53.9 Å². The topological polar surface area (TPSA) is 80.8 Å². The van der Waals surface area contributed by atoms with Gasteiger partial charge in [0.2, 0.25) is 15.8 Å². The molecule has 33 heavy (non-hydrogen) atoms. The van der Waals surface area contributed by atoms with E-state index >= 15 is 0 Å². The van der Waals surface area contributed by atoms with Crippen molar-refractivity contribution in [2.24, 2.45) is 0 Å².